The quantitative estimate of drug-likeness (QED) is 0.603. The normalized spacial score (nSPS) is 14.2. The number of ether oxygens (including phenoxy) is 1. The second kappa shape index (κ2) is 8.88. The van der Waals surface area contributed by atoms with Gasteiger partial charge in [0, 0.05) is 26.2 Å². The molecule has 3 aromatic rings. The Morgan fingerprint density at radius 1 is 1.17 bits per heavy atom. The number of amides is 1. The highest BCUT2D eigenvalue weighted by atomic mass is 32.2. The number of thioether (sulfide) groups is 1. The second-order valence-corrected chi connectivity index (χ2v) is 8.14. The highest BCUT2D eigenvalue weighted by molar-refractivity contribution is 7.99. The van der Waals surface area contributed by atoms with Gasteiger partial charge in [-0.25, -0.2) is 4.68 Å². The number of hydrogen-bond acceptors (Lipinski definition) is 7. The van der Waals surface area contributed by atoms with Crippen LogP contribution < -0.4 is 10.2 Å². The summed E-state index contributed by atoms with van der Waals surface area (Å²) in [7, 11) is 1.92. The molecule has 1 fully saturated rings. The Labute approximate surface area is 179 Å². The van der Waals surface area contributed by atoms with Gasteiger partial charge in [-0.15, -0.1) is 10.2 Å². The van der Waals surface area contributed by atoms with Crippen molar-refractivity contribution in [1.82, 2.24) is 24.5 Å². The smallest absolute Gasteiger partial charge is 0.236 e. The van der Waals surface area contributed by atoms with E-state index in [1.54, 1.807) is 4.68 Å². The van der Waals surface area contributed by atoms with E-state index < -0.39 is 0 Å². The largest absolute Gasteiger partial charge is 0.378 e. The van der Waals surface area contributed by atoms with E-state index in [-0.39, 0.29) is 11.7 Å². The molecule has 1 aromatic carbocycles. The Hall–Kier alpha value is -2.85. The van der Waals surface area contributed by atoms with E-state index in [1.807, 2.05) is 55.8 Å². The number of nitrogens with one attached hydrogen (secondary N) is 1. The number of benzene rings is 1. The lowest BCUT2D eigenvalue weighted by molar-refractivity contribution is -0.113. The molecule has 0 bridgehead atoms. The zero-order valence-electron chi connectivity index (χ0n) is 17.3. The van der Waals surface area contributed by atoms with E-state index in [0.29, 0.717) is 24.2 Å². The number of carbonyl (C=O) groups excluding carboxylic acids is 1. The monoisotopic (exact) mass is 427 g/mol. The summed E-state index contributed by atoms with van der Waals surface area (Å²) in [5.41, 5.74) is 2.91. The van der Waals surface area contributed by atoms with Crippen LogP contribution in [0.1, 0.15) is 11.3 Å². The minimum absolute atomic E-state index is 0.121. The molecule has 4 rings (SSSR count). The lowest BCUT2D eigenvalue weighted by Gasteiger charge is -2.27. The first-order valence-corrected chi connectivity index (χ1v) is 10.8. The van der Waals surface area contributed by atoms with Crippen molar-refractivity contribution >= 4 is 29.4 Å². The zero-order chi connectivity index (χ0) is 21.1. The molecule has 30 heavy (non-hydrogen) atoms. The van der Waals surface area contributed by atoms with Crippen LogP contribution >= 0.6 is 11.8 Å². The van der Waals surface area contributed by atoms with Gasteiger partial charge >= 0.3 is 0 Å². The number of nitrogens with zero attached hydrogens (tertiary/aromatic N) is 6. The maximum Gasteiger partial charge on any atom is 0.236 e. The average molecular weight is 428 g/mol. The van der Waals surface area contributed by atoms with Crippen molar-refractivity contribution in [3.63, 3.8) is 0 Å². The molecule has 0 spiro atoms. The van der Waals surface area contributed by atoms with Crippen LogP contribution in [0.4, 0.5) is 11.8 Å². The van der Waals surface area contributed by atoms with Crippen LogP contribution in [0, 0.1) is 13.8 Å². The van der Waals surface area contributed by atoms with Crippen LogP contribution in [0.25, 0.3) is 5.69 Å². The van der Waals surface area contributed by atoms with Gasteiger partial charge in [0.15, 0.2) is 5.16 Å². The lowest BCUT2D eigenvalue weighted by atomic mass is 10.2. The first-order chi connectivity index (χ1) is 14.5. The molecule has 0 aliphatic carbocycles. The van der Waals surface area contributed by atoms with E-state index in [1.165, 1.54) is 17.3 Å². The number of morpholine rings is 1. The van der Waals surface area contributed by atoms with Gasteiger partial charge < -0.3 is 15.0 Å². The van der Waals surface area contributed by atoms with Gasteiger partial charge in [0.05, 0.1) is 30.3 Å². The van der Waals surface area contributed by atoms with E-state index in [4.69, 9.17) is 4.74 Å². The standard InChI is InChI=1S/C20H25N7O2S/c1-14-4-6-16(7-5-14)27-17(12-15(2)24-27)21-18(28)13-30-20-23-22-19(25(20)3)26-8-10-29-11-9-26/h4-7,12H,8-11,13H2,1-3H3,(H,21,28). The summed E-state index contributed by atoms with van der Waals surface area (Å²) in [5, 5.41) is 16.7. The lowest BCUT2D eigenvalue weighted by Crippen LogP contribution is -2.37. The molecule has 10 heteroatoms. The van der Waals surface area contributed by atoms with Gasteiger partial charge in [-0.2, -0.15) is 5.10 Å². The topological polar surface area (TPSA) is 90.1 Å². The molecule has 1 aliphatic heterocycles. The molecule has 1 saturated heterocycles. The second-order valence-electron chi connectivity index (χ2n) is 7.20. The molecule has 0 saturated carbocycles. The Balaban J connectivity index is 1.40. The third kappa shape index (κ3) is 4.49. The Bertz CT molecular complexity index is 1020. The van der Waals surface area contributed by atoms with Gasteiger partial charge in [-0.1, -0.05) is 29.5 Å². The fraction of sp³-hybridized carbons (Fsp3) is 0.400. The summed E-state index contributed by atoms with van der Waals surface area (Å²) in [6.07, 6.45) is 0. The fourth-order valence-electron chi connectivity index (χ4n) is 3.25. The molecular formula is C20H25N7O2S. The van der Waals surface area contributed by atoms with Gasteiger partial charge in [-0.3, -0.25) is 9.36 Å². The minimum atomic E-state index is -0.121. The third-order valence-electron chi connectivity index (χ3n) is 4.82. The summed E-state index contributed by atoms with van der Waals surface area (Å²) in [6, 6.07) is 9.88. The zero-order valence-corrected chi connectivity index (χ0v) is 18.1. The summed E-state index contributed by atoms with van der Waals surface area (Å²) >= 11 is 1.36. The molecule has 3 heterocycles. The maximum atomic E-state index is 12.6. The molecule has 0 radical (unpaired) electrons. The highest BCUT2D eigenvalue weighted by Gasteiger charge is 2.19. The Morgan fingerprint density at radius 3 is 2.63 bits per heavy atom. The number of anilines is 2. The molecule has 158 valence electrons. The Morgan fingerprint density at radius 2 is 1.90 bits per heavy atom. The van der Waals surface area contributed by atoms with E-state index in [2.05, 4.69) is 25.5 Å². The fourth-order valence-corrected chi connectivity index (χ4v) is 3.96. The first-order valence-electron chi connectivity index (χ1n) is 9.80. The number of rotatable bonds is 6. The SMILES string of the molecule is Cc1ccc(-n2nc(C)cc2NC(=O)CSc2nnc(N3CCOCC3)n2C)cc1. The van der Waals surface area contributed by atoms with Crippen molar-refractivity contribution in [2.75, 3.05) is 42.3 Å². The number of aryl methyl sites for hydroxylation is 2. The van der Waals surface area contributed by atoms with Crippen LogP contribution in [0.15, 0.2) is 35.5 Å². The average Bonchev–Trinajstić information content (AvgIpc) is 3.29. The molecule has 1 N–H and O–H groups in total. The van der Waals surface area contributed by atoms with Gasteiger partial charge in [-0.05, 0) is 26.0 Å². The van der Waals surface area contributed by atoms with Crippen molar-refractivity contribution < 1.29 is 9.53 Å². The van der Waals surface area contributed by atoms with Crippen LogP contribution in [0.2, 0.25) is 0 Å². The van der Waals surface area contributed by atoms with Gasteiger partial charge in [0.25, 0.3) is 0 Å². The first kappa shape index (κ1) is 20.4. The summed E-state index contributed by atoms with van der Waals surface area (Å²) < 4.78 is 9.05. The summed E-state index contributed by atoms with van der Waals surface area (Å²) in [5.74, 6) is 1.56. The number of aromatic nitrogens is 5. The minimum Gasteiger partial charge on any atom is -0.378 e. The van der Waals surface area contributed by atoms with Crippen molar-refractivity contribution in [3.8, 4) is 5.69 Å². The maximum absolute atomic E-state index is 12.6. The highest BCUT2D eigenvalue weighted by Crippen LogP contribution is 2.22. The third-order valence-corrected chi connectivity index (χ3v) is 5.84. The van der Waals surface area contributed by atoms with Gasteiger partial charge in [0.2, 0.25) is 11.9 Å². The predicted octanol–water partition coefficient (Wildman–Crippen LogP) is 2.19. The molecule has 0 unspecified atom stereocenters. The molecular weight excluding hydrogens is 402 g/mol. The Kier molecular flexibility index (Phi) is 6.05. The summed E-state index contributed by atoms with van der Waals surface area (Å²) in [6.45, 7) is 6.90. The molecule has 2 aromatic heterocycles. The van der Waals surface area contributed by atoms with Crippen LogP contribution in [-0.4, -0.2) is 62.5 Å². The number of hydrogen-bond donors (Lipinski definition) is 1. The van der Waals surface area contributed by atoms with Crippen LogP contribution in [0.5, 0.6) is 0 Å². The van der Waals surface area contributed by atoms with Crippen LogP contribution in [0.3, 0.4) is 0 Å². The van der Waals surface area contributed by atoms with Crippen molar-refractivity contribution in [1.29, 1.82) is 0 Å². The van der Waals surface area contributed by atoms with E-state index >= 15 is 0 Å². The van der Waals surface area contributed by atoms with Gasteiger partial charge in [0.1, 0.15) is 5.82 Å². The molecule has 0 atom stereocenters. The predicted molar refractivity (Wildman–Crippen MR) is 116 cm³/mol. The van der Waals surface area contributed by atoms with E-state index in [0.717, 1.165) is 30.4 Å². The number of carbonyl (C=O) groups is 1. The molecule has 1 aliphatic rings. The molecule has 1 amide bonds. The van der Waals surface area contributed by atoms with E-state index in [9.17, 15) is 4.79 Å². The van der Waals surface area contributed by atoms with Crippen molar-refractivity contribution in [3.05, 3.63) is 41.6 Å². The van der Waals surface area contributed by atoms with Crippen LogP contribution in [-0.2, 0) is 16.6 Å². The van der Waals surface area contributed by atoms with Crippen molar-refractivity contribution in [2.24, 2.45) is 7.05 Å². The molecule has 9 nitrogen and oxygen atoms in total. The van der Waals surface area contributed by atoms with Crippen molar-refractivity contribution in [2.45, 2.75) is 19.0 Å². The summed E-state index contributed by atoms with van der Waals surface area (Å²) in [4.78, 5) is 14.7.